The zero-order valence-electron chi connectivity index (χ0n) is 15.9. The van der Waals surface area contributed by atoms with Crippen LogP contribution in [0.4, 0.5) is 5.69 Å². The third-order valence-electron chi connectivity index (χ3n) is 5.93. The summed E-state index contributed by atoms with van der Waals surface area (Å²) in [5.74, 6) is 0. The molecule has 0 aliphatic carbocycles. The molecule has 0 spiro atoms. The number of anilines is 1. The highest BCUT2D eigenvalue weighted by molar-refractivity contribution is 6.14. The van der Waals surface area contributed by atoms with Crippen LogP contribution in [0.3, 0.4) is 0 Å². The van der Waals surface area contributed by atoms with Crippen LogP contribution in [0.15, 0.2) is 103 Å². The predicted octanol–water partition coefficient (Wildman–Crippen LogP) is 7.55. The van der Waals surface area contributed by atoms with Gasteiger partial charge < -0.3 is 5.73 Å². The topological polar surface area (TPSA) is 26.0 Å². The van der Waals surface area contributed by atoms with Gasteiger partial charge in [0.25, 0.3) is 0 Å². The Bertz CT molecular complexity index is 1560. The van der Waals surface area contributed by atoms with Gasteiger partial charge in [0.05, 0.1) is 0 Å². The van der Waals surface area contributed by atoms with Crippen LogP contribution in [-0.2, 0) is 0 Å². The summed E-state index contributed by atoms with van der Waals surface area (Å²) in [4.78, 5) is 0. The Hall–Kier alpha value is -3.84. The van der Waals surface area contributed by atoms with E-state index < -0.39 is 0 Å². The summed E-state index contributed by atoms with van der Waals surface area (Å²) in [6, 6.07) is 36.8. The van der Waals surface area contributed by atoms with E-state index in [9.17, 15) is 0 Å². The van der Waals surface area contributed by atoms with Gasteiger partial charge in [-0.15, -0.1) is 0 Å². The first kappa shape index (κ1) is 16.1. The molecule has 0 unspecified atom stereocenters. The first-order valence-electron chi connectivity index (χ1n) is 9.91. The standard InChI is InChI=1S/C28H19N/c29-27-13-12-23-15-19-7-2-4-9-21(19)17-26(23)28(27)24-11-5-10-22-14-18-6-1-3-8-20(18)16-25(22)24/h1-17H,29H2. The number of benzene rings is 6. The van der Waals surface area contributed by atoms with E-state index in [0.717, 1.165) is 11.3 Å². The van der Waals surface area contributed by atoms with E-state index in [0.29, 0.717) is 0 Å². The molecule has 0 heterocycles. The van der Waals surface area contributed by atoms with Crippen LogP contribution in [0.25, 0.3) is 54.2 Å². The van der Waals surface area contributed by atoms with Crippen molar-refractivity contribution < 1.29 is 0 Å². The molecule has 0 saturated heterocycles. The first-order chi connectivity index (χ1) is 14.3. The molecule has 2 N–H and O–H groups in total. The van der Waals surface area contributed by atoms with E-state index in [4.69, 9.17) is 5.73 Å². The van der Waals surface area contributed by atoms with E-state index in [2.05, 4.69) is 97.1 Å². The third-order valence-corrected chi connectivity index (χ3v) is 5.93. The summed E-state index contributed by atoms with van der Waals surface area (Å²) in [5.41, 5.74) is 9.69. The van der Waals surface area contributed by atoms with Crippen LogP contribution < -0.4 is 5.73 Å². The van der Waals surface area contributed by atoms with Gasteiger partial charge in [0.2, 0.25) is 0 Å². The van der Waals surface area contributed by atoms with Crippen molar-refractivity contribution in [3.63, 3.8) is 0 Å². The number of hydrogen-bond donors (Lipinski definition) is 1. The molecule has 0 atom stereocenters. The van der Waals surface area contributed by atoms with E-state index in [1.54, 1.807) is 0 Å². The van der Waals surface area contributed by atoms with E-state index >= 15 is 0 Å². The highest BCUT2D eigenvalue weighted by Crippen LogP contribution is 2.40. The van der Waals surface area contributed by atoms with Gasteiger partial charge in [0.15, 0.2) is 0 Å². The van der Waals surface area contributed by atoms with Gasteiger partial charge in [-0.2, -0.15) is 0 Å². The van der Waals surface area contributed by atoms with Crippen molar-refractivity contribution in [3.05, 3.63) is 103 Å². The molecule has 0 radical (unpaired) electrons. The van der Waals surface area contributed by atoms with Crippen LogP contribution in [0, 0.1) is 0 Å². The van der Waals surface area contributed by atoms with Gasteiger partial charge in [-0.05, 0) is 79.0 Å². The van der Waals surface area contributed by atoms with Crippen LogP contribution in [-0.4, -0.2) is 0 Å². The molecular weight excluding hydrogens is 350 g/mol. The SMILES string of the molecule is Nc1ccc2cc3ccccc3cc2c1-c1cccc2cc3ccccc3cc12. The van der Waals surface area contributed by atoms with Crippen LogP contribution in [0.2, 0.25) is 0 Å². The molecule has 0 saturated carbocycles. The molecule has 0 aromatic heterocycles. The fourth-order valence-corrected chi connectivity index (χ4v) is 4.52. The normalized spacial score (nSPS) is 11.6. The molecule has 0 aliphatic rings. The lowest BCUT2D eigenvalue weighted by atomic mass is 9.90. The maximum absolute atomic E-state index is 6.57. The zero-order chi connectivity index (χ0) is 19.4. The average Bonchev–Trinajstić information content (AvgIpc) is 2.76. The minimum atomic E-state index is 0.813. The maximum atomic E-state index is 6.57. The summed E-state index contributed by atoms with van der Waals surface area (Å²) in [6.07, 6.45) is 0. The lowest BCUT2D eigenvalue weighted by Gasteiger charge is -2.15. The van der Waals surface area contributed by atoms with E-state index in [-0.39, 0.29) is 0 Å². The molecule has 6 aromatic rings. The van der Waals surface area contributed by atoms with Crippen molar-refractivity contribution >= 4 is 48.8 Å². The number of hydrogen-bond acceptors (Lipinski definition) is 1. The average molecular weight is 369 g/mol. The molecule has 136 valence electrons. The third kappa shape index (κ3) is 2.48. The van der Waals surface area contributed by atoms with E-state index in [1.165, 1.54) is 48.7 Å². The predicted molar refractivity (Wildman–Crippen MR) is 126 cm³/mol. The van der Waals surface area contributed by atoms with Crippen molar-refractivity contribution in [2.75, 3.05) is 5.73 Å². The lowest BCUT2D eigenvalue weighted by Crippen LogP contribution is -1.93. The molecule has 0 amide bonds. The van der Waals surface area contributed by atoms with Gasteiger partial charge in [0.1, 0.15) is 0 Å². The molecule has 0 aliphatic heterocycles. The van der Waals surface area contributed by atoms with Gasteiger partial charge in [-0.25, -0.2) is 0 Å². The summed E-state index contributed by atoms with van der Waals surface area (Å²) >= 11 is 0. The Morgan fingerprint density at radius 2 is 0.931 bits per heavy atom. The number of nitrogen functional groups attached to an aromatic ring is 1. The summed E-state index contributed by atoms with van der Waals surface area (Å²) in [5, 5.41) is 9.87. The molecule has 6 aromatic carbocycles. The fourth-order valence-electron chi connectivity index (χ4n) is 4.52. The largest absolute Gasteiger partial charge is 0.398 e. The summed E-state index contributed by atoms with van der Waals surface area (Å²) in [6.45, 7) is 0. The second kappa shape index (κ2) is 6.08. The molecule has 0 bridgehead atoms. The van der Waals surface area contributed by atoms with Gasteiger partial charge >= 0.3 is 0 Å². The van der Waals surface area contributed by atoms with Crippen molar-refractivity contribution in [1.29, 1.82) is 0 Å². The van der Waals surface area contributed by atoms with Crippen molar-refractivity contribution in [2.45, 2.75) is 0 Å². The van der Waals surface area contributed by atoms with Crippen molar-refractivity contribution in [1.82, 2.24) is 0 Å². The lowest BCUT2D eigenvalue weighted by molar-refractivity contribution is 1.69. The first-order valence-corrected chi connectivity index (χ1v) is 9.91. The Morgan fingerprint density at radius 3 is 1.59 bits per heavy atom. The Balaban J connectivity index is 1.75. The van der Waals surface area contributed by atoms with Crippen LogP contribution in [0.5, 0.6) is 0 Å². The molecule has 29 heavy (non-hydrogen) atoms. The highest BCUT2D eigenvalue weighted by Gasteiger charge is 2.13. The Labute approximate surface area is 169 Å². The molecule has 1 nitrogen and oxygen atoms in total. The fraction of sp³-hybridized carbons (Fsp3) is 0. The molecule has 1 heteroatoms. The van der Waals surface area contributed by atoms with Crippen LogP contribution in [0.1, 0.15) is 0 Å². The quantitative estimate of drug-likeness (QED) is 0.235. The summed E-state index contributed by atoms with van der Waals surface area (Å²) < 4.78 is 0. The monoisotopic (exact) mass is 369 g/mol. The minimum absolute atomic E-state index is 0.813. The second-order valence-electron chi connectivity index (χ2n) is 7.68. The summed E-state index contributed by atoms with van der Waals surface area (Å²) in [7, 11) is 0. The minimum Gasteiger partial charge on any atom is -0.398 e. The molecule has 0 fully saturated rings. The number of fused-ring (bicyclic) bond motifs is 4. The van der Waals surface area contributed by atoms with Gasteiger partial charge in [-0.3, -0.25) is 0 Å². The smallest absolute Gasteiger partial charge is 0.0400 e. The van der Waals surface area contributed by atoms with Crippen molar-refractivity contribution in [3.8, 4) is 11.1 Å². The van der Waals surface area contributed by atoms with Gasteiger partial charge in [-0.1, -0.05) is 72.8 Å². The maximum Gasteiger partial charge on any atom is 0.0400 e. The van der Waals surface area contributed by atoms with Crippen molar-refractivity contribution in [2.24, 2.45) is 0 Å². The Morgan fingerprint density at radius 1 is 0.414 bits per heavy atom. The molecular formula is C28H19N. The zero-order valence-corrected chi connectivity index (χ0v) is 15.9. The van der Waals surface area contributed by atoms with E-state index in [1.807, 2.05) is 6.07 Å². The molecule has 6 rings (SSSR count). The van der Waals surface area contributed by atoms with Crippen LogP contribution >= 0.6 is 0 Å². The number of nitrogens with two attached hydrogens (primary N) is 1. The highest BCUT2D eigenvalue weighted by atomic mass is 14.6. The Kier molecular flexibility index (Phi) is 3.39. The second-order valence-corrected chi connectivity index (χ2v) is 7.68. The number of rotatable bonds is 1. The van der Waals surface area contributed by atoms with Gasteiger partial charge in [0, 0.05) is 11.3 Å².